The third-order valence-corrected chi connectivity index (χ3v) is 15.9. The zero-order valence-corrected chi connectivity index (χ0v) is 36.7. The molecule has 0 N–H and O–H groups in total. The van der Waals surface area contributed by atoms with Crippen LogP contribution in [-0.4, -0.2) is 18.7 Å². The lowest BCUT2D eigenvalue weighted by Gasteiger charge is -2.14. The molecule has 6 aromatic heterocycles. The molecule has 11 heteroatoms. The van der Waals surface area contributed by atoms with Gasteiger partial charge in [-0.1, -0.05) is 79.1 Å². The van der Waals surface area contributed by atoms with Crippen molar-refractivity contribution in [1.82, 2.24) is 18.7 Å². The first-order valence-corrected chi connectivity index (χ1v) is 23.7. The summed E-state index contributed by atoms with van der Waals surface area (Å²) in [6, 6.07) is 17.8. The fraction of sp³-hybridized carbons (Fsp3) is 0.400. The second-order valence-corrected chi connectivity index (χ2v) is 21.1. The molecule has 0 aliphatic carbocycles. The molecule has 4 nitrogen and oxygen atoms in total. The van der Waals surface area contributed by atoms with Crippen molar-refractivity contribution in [3.05, 3.63) is 65.9 Å². The smallest absolute Gasteiger partial charge is 0.116 e. The van der Waals surface area contributed by atoms with Gasteiger partial charge in [0.15, 0.2) is 0 Å². The molecule has 7 aromatic rings. The lowest BCUT2D eigenvalue weighted by atomic mass is 9.95. The van der Waals surface area contributed by atoms with Gasteiger partial charge in [0.1, 0.15) is 33.5 Å². The number of unbranched alkanes of at least 4 members (excludes halogenated alkanes) is 2. The normalized spacial score (nSPS) is 13.1. The molecule has 51 heavy (non-hydrogen) atoms. The van der Waals surface area contributed by atoms with E-state index in [-0.39, 0.29) is 0 Å². The summed E-state index contributed by atoms with van der Waals surface area (Å²) in [4.78, 5) is 18.8. The molecule has 0 amide bonds. The Kier molecular flexibility index (Phi) is 12.5. The van der Waals surface area contributed by atoms with Crippen LogP contribution in [0.2, 0.25) is 0 Å². The number of hydrogen-bond acceptors (Lipinski definition) is 9. The second-order valence-electron chi connectivity index (χ2n) is 13.3. The minimum Gasteiger partial charge on any atom is -0.242 e. The van der Waals surface area contributed by atoms with E-state index in [0.717, 1.165) is 74.8 Å². The van der Waals surface area contributed by atoms with Gasteiger partial charge < -0.3 is 0 Å². The Morgan fingerprint density at radius 3 is 1.33 bits per heavy atom. The number of rotatable bonds is 16. The van der Waals surface area contributed by atoms with Gasteiger partial charge in [-0.2, -0.15) is 8.75 Å². The topological polar surface area (TPSA) is 51.6 Å². The molecular formula is C40H42Br2N4S5. The molecule has 1 aromatic carbocycles. The van der Waals surface area contributed by atoms with E-state index in [1.54, 1.807) is 22.7 Å². The van der Waals surface area contributed by atoms with Gasteiger partial charge in [-0.25, -0.2) is 9.97 Å². The van der Waals surface area contributed by atoms with E-state index in [4.69, 9.17) is 18.7 Å². The molecular weight excluding hydrogens is 857 g/mol. The van der Waals surface area contributed by atoms with Gasteiger partial charge in [0.2, 0.25) is 0 Å². The lowest BCUT2D eigenvalue weighted by Crippen LogP contribution is -2.01. The van der Waals surface area contributed by atoms with Crippen LogP contribution in [0.5, 0.6) is 0 Å². The van der Waals surface area contributed by atoms with Crippen LogP contribution in [0, 0.1) is 11.8 Å². The highest BCUT2D eigenvalue weighted by molar-refractivity contribution is 9.11. The predicted octanol–water partition coefficient (Wildman–Crippen LogP) is 15.6. The zero-order valence-electron chi connectivity index (χ0n) is 29.4. The summed E-state index contributed by atoms with van der Waals surface area (Å²) in [5.74, 6) is 1.42. The maximum Gasteiger partial charge on any atom is 0.116 e. The van der Waals surface area contributed by atoms with Crippen molar-refractivity contribution >= 4 is 111 Å². The Morgan fingerprint density at radius 2 is 0.961 bits per heavy atom. The van der Waals surface area contributed by atoms with E-state index < -0.39 is 0 Å². The molecule has 0 bridgehead atoms. The van der Waals surface area contributed by atoms with Crippen LogP contribution in [0.4, 0.5) is 0 Å². The van der Waals surface area contributed by atoms with E-state index in [2.05, 4.69) is 108 Å². The van der Waals surface area contributed by atoms with Crippen LogP contribution in [0.3, 0.4) is 0 Å². The first-order chi connectivity index (χ1) is 24.9. The number of nitrogens with zero attached hydrogens (tertiary/aromatic N) is 4. The summed E-state index contributed by atoms with van der Waals surface area (Å²) in [5, 5.41) is 0. The van der Waals surface area contributed by atoms with E-state index >= 15 is 0 Å². The number of aromatic nitrogens is 4. The Balaban J connectivity index is 1.46. The summed E-state index contributed by atoms with van der Waals surface area (Å²) in [5.41, 5.74) is 7.50. The van der Waals surface area contributed by atoms with Crippen molar-refractivity contribution in [2.75, 3.05) is 0 Å². The molecule has 0 saturated heterocycles. The molecule has 2 unspecified atom stereocenters. The molecule has 0 fully saturated rings. The highest BCUT2D eigenvalue weighted by Crippen LogP contribution is 2.48. The van der Waals surface area contributed by atoms with Gasteiger partial charge in [-0.15, -0.1) is 45.3 Å². The number of halogens is 2. The minimum atomic E-state index is 0.708. The summed E-state index contributed by atoms with van der Waals surface area (Å²) in [6.07, 6.45) is 12.3. The molecule has 2 atom stereocenters. The van der Waals surface area contributed by atoms with Crippen LogP contribution in [0.1, 0.15) is 88.8 Å². The van der Waals surface area contributed by atoms with E-state index in [0.29, 0.717) is 11.8 Å². The largest absolute Gasteiger partial charge is 0.242 e. The van der Waals surface area contributed by atoms with E-state index in [1.165, 1.54) is 82.6 Å². The number of fused-ring (bicyclic) bond motifs is 2. The summed E-state index contributed by atoms with van der Waals surface area (Å²) in [7, 11) is 0. The highest BCUT2D eigenvalue weighted by Gasteiger charge is 2.27. The minimum absolute atomic E-state index is 0.708. The third kappa shape index (κ3) is 8.15. The van der Waals surface area contributed by atoms with Gasteiger partial charge in [-0.3, -0.25) is 0 Å². The molecule has 0 aliphatic rings. The fourth-order valence-electron chi connectivity index (χ4n) is 6.92. The average Bonchev–Trinajstić information content (AvgIpc) is 3.99. The molecule has 0 saturated carbocycles. The number of thiophene rings is 4. The maximum atomic E-state index is 5.69. The molecule has 6 heterocycles. The van der Waals surface area contributed by atoms with Crippen LogP contribution in [-0.2, 0) is 12.8 Å². The molecule has 266 valence electrons. The zero-order chi connectivity index (χ0) is 35.5. The average molecular weight is 899 g/mol. The molecule has 7 rings (SSSR count). The van der Waals surface area contributed by atoms with Crippen molar-refractivity contribution in [3.8, 4) is 42.0 Å². The molecule has 0 radical (unpaired) electrons. The van der Waals surface area contributed by atoms with E-state index in [1.807, 2.05) is 22.7 Å². The van der Waals surface area contributed by atoms with Gasteiger partial charge >= 0.3 is 0 Å². The van der Waals surface area contributed by atoms with Crippen LogP contribution < -0.4 is 0 Å². The summed E-state index contributed by atoms with van der Waals surface area (Å²) in [6.45, 7) is 9.26. The fourth-order valence-corrected chi connectivity index (χ4v) is 12.6. The number of hydrogen-bond donors (Lipinski definition) is 0. The SMILES string of the molecule is CCCCC(CC)Cc1ccc(-c2nc3c(-c4ccc(Br)s4)c4nsnc4c(-c4ccc(Br)s4)c3nc2-c2ccc(CC(CC)CCCC)s2)s1. The lowest BCUT2D eigenvalue weighted by molar-refractivity contribution is 0.452. The Hall–Kier alpha value is -1.86. The van der Waals surface area contributed by atoms with Gasteiger partial charge in [-0.05, 0) is 105 Å². The second kappa shape index (κ2) is 17.1. The highest BCUT2D eigenvalue weighted by atomic mass is 79.9. The Bertz CT molecular complexity index is 2090. The number of benzene rings is 1. The Labute approximate surface area is 338 Å². The van der Waals surface area contributed by atoms with Crippen molar-refractivity contribution in [3.63, 3.8) is 0 Å². The summed E-state index contributed by atoms with van der Waals surface area (Å²) < 4.78 is 12.0. The molecule has 0 aliphatic heterocycles. The summed E-state index contributed by atoms with van der Waals surface area (Å²) >= 11 is 15.9. The standard InChI is InChI=1S/C40H42Br2N4S5/c1-5-9-11-23(7-3)21-25-13-15-29(47-25)35-36(30-16-14-26(48-30)22-24(8-4)12-10-6-2)44-38-34(28-18-20-32(42)50-28)40-39(45-51-46-40)33(37(38)43-35)27-17-19-31(41)49-27/h13-20,23-24H,5-12,21-22H2,1-4H3. The first kappa shape index (κ1) is 37.5. The van der Waals surface area contributed by atoms with Crippen molar-refractivity contribution < 1.29 is 0 Å². The van der Waals surface area contributed by atoms with Crippen molar-refractivity contribution in [1.29, 1.82) is 0 Å². The van der Waals surface area contributed by atoms with Crippen molar-refractivity contribution in [2.24, 2.45) is 11.8 Å². The third-order valence-electron chi connectivity index (χ3n) is 9.83. The maximum absolute atomic E-state index is 5.69. The van der Waals surface area contributed by atoms with Gasteiger partial charge in [0.25, 0.3) is 0 Å². The van der Waals surface area contributed by atoms with Crippen molar-refractivity contribution in [2.45, 2.75) is 91.9 Å². The van der Waals surface area contributed by atoms with Crippen LogP contribution in [0.25, 0.3) is 64.1 Å². The van der Waals surface area contributed by atoms with Crippen LogP contribution in [0.15, 0.2) is 56.1 Å². The van der Waals surface area contributed by atoms with E-state index in [9.17, 15) is 0 Å². The Morgan fingerprint density at radius 1 is 0.529 bits per heavy atom. The van der Waals surface area contributed by atoms with Gasteiger partial charge in [0.05, 0.1) is 29.1 Å². The predicted molar refractivity (Wildman–Crippen MR) is 233 cm³/mol. The monoisotopic (exact) mass is 896 g/mol. The van der Waals surface area contributed by atoms with Crippen LogP contribution >= 0.6 is 88.9 Å². The first-order valence-electron chi connectivity index (χ1n) is 18.1. The quantitative estimate of drug-likeness (QED) is 0.0970. The molecule has 0 spiro atoms. The van der Waals surface area contributed by atoms with Gasteiger partial charge in [0, 0.05) is 30.6 Å².